The molecule has 1 fully saturated rings. The maximum atomic E-state index is 11.6. The summed E-state index contributed by atoms with van der Waals surface area (Å²) in [6.07, 6.45) is 8.81. The fourth-order valence-electron chi connectivity index (χ4n) is 4.13. The third kappa shape index (κ3) is 5.48. The number of aromatic amines is 1. The molecule has 11 nitrogen and oxygen atoms in total. The summed E-state index contributed by atoms with van der Waals surface area (Å²) in [5.74, 6) is 2.24. The number of H-pyrrole nitrogens is 1. The molecule has 0 atom stereocenters. The average Bonchev–Trinajstić information content (AvgIpc) is 3.40. The standard InChI is InChI=1S/C24H27N9O2S/c1-35-22(34)17-12-26-23(27-13-17)33-7-5-15(6-8-33)11-25-20-10-21(31-24(30-20)36-2)29-18-3-4-19-16(9-18)14-28-32-19/h3-4,9-10,12-15H,5-8,11H2,1-2H3,(H,28,32)(H2,25,29,30,31). The second-order valence-corrected chi connectivity index (χ2v) is 9.27. The van der Waals surface area contributed by atoms with E-state index in [0.29, 0.717) is 22.6 Å². The van der Waals surface area contributed by atoms with Gasteiger partial charge >= 0.3 is 5.97 Å². The quantitative estimate of drug-likeness (QED) is 0.184. The van der Waals surface area contributed by atoms with E-state index in [1.54, 1.807) is 6.20 Å². The van der Waals surface area contributed by atoms with E-state index >= 15 is 0 Å². The molecule has 0 amide bonds. The molecule has 0 radical (unpaired) electrons. The number of carbonyl (C=O) groups is 1. The number of nitrogens with zero attached hydrogens (tertiary/aromatic N) is 6. The summed E-state index contributed by atoms with van der Waals surface area (Å²) in [5.41, 5.74) is 2.28. The van der Waals surface area contributed by atoms with Crippen molar-refractivity contribution in [2.75, 3.05) is 48.5 Å². The fourth-order valence-corrected chi connectivity index (χ4v) is 4.51. The van der Waals surface area contributed by atoms with Gasteiger partial charge in [0.25, 0.3) is 0 Å². The minimum absolute atomic E-state index is 0.352. The average molecular weight is 506 g/mol. The summed E-state index contributed by atoms with van der Waals surface area (Å²) in [6, 6.07) is 7.96. The highest BCUT2D eigenvalue weighted by Gasteiger charge is 2.21. The van der Waals surface area contributed by atoms with Crippen molar-refractivity contribution in [1.29, 1.82) is 0 Å². The molecule has 1 aromatic carbocycles. The topological polar surface area (TPSA) is 134 Å². The predicted octanol–water partition coefficient (Wildman–Crippen LogP) is 3.72. The Morgan fingerprint density at radius 1 is 1.14 bits per heavy atom. The van der Waals surface area contributed by atoms with Crippen molar-refractivity contribution < 1.29 is 9.53 Å². The summed E-state index contributed by atoms with van der Waals surface area (Å²) in [5, 5.41) is 15.7. The lowest BCUT2D eigenvalue weighted by molar-refractivity contribution is 0.0599. The van der Waals surface area contributed by atoms with Crippen molar-refractivity contribution in [2.24, 2.45) is 5.92 Å². The molecule has 0 spiro atoms. The van der Waals surface area contributed by atoms with Gasteiger partial charge in [-0.3, -0.25) is 5.10 Å². The highest BCUT2D eigenvalue weighted by molar-refractivity contribution is 7.98. The van der Waals surface area contributed by atoms with Crippen molar-refractivity contribution in [2.45, 2.75) is 18.0 Å². The largest absolute Gasteiger partial charge is 0.465 e. The Kier molecular flexibility index (Phi) is 7.12. The zero-order valence-electron chi connectivity index (χ0n) is 20.1. The monoisotopic (exact) mass is 505 g/mol. The highest BCUT2D eigenvalue weighted by Crippen LogP contribution is 2.25. The van der Waals surface area contributed by atoms with Crippen LogP contribution >= 0.6 is 11.8 Å². The third-order valence-corrected chi connectivity index (χ3v) is 6.68. The summed E-state index contributed by atoms with van der Waals surface area (Å²) in [6.45, 7) is 2.53. The highest BCUT2D eigenvalue weighted by atomic mass is 32.2. The molecule has 36 heavy (non-hydrogen) atoms. The van der Waals surface area contributed by atoms with Crippen LogP contribution in [0.1, 0.15) is 23.2 Å². The zero-order chi connectivity index (χ0) is 24.9. The van der Waals surface area contributed by atoms with Crippen LogP contribution in [-0.4, -0.2) is 69.1 Å². The lowest BCUT2D eigenvalue weighted by atomic mass is 9.97. The molecule has 186 valence electrons. The Balaban J connectivity index is 1.17. The van der Waals surface area contributed by atoms with Crippen molar-refractivity contribution >= 4 is 51.9 Å². The number of hydrogen-bond acceptors (Lipinski definition) is 11. The second kappa shape index (κ2) is 10.8. The number of esters is 1. The molecular weight excluding hydrogens is 478 g/mol. The number of nitrogens with one attached hydrogen (secondary N) is 3. The zero-order valence-corrected chi connectivity index (χ0v) is 20.9. The first-order valence-electron chi connectivity index (χ1n) is 11.6. The number of thioether (sulfide) groups is 1. The Hall–Kier alpha value is -3.93. The van der Waals surface area contributed by atoms with Gasteiger partial charge in [-0.25, -0.2) is 24.7 Å². The molecule has 1 aliphatic rings. The molecule has 4 aromatic rings. The minimum atomic E-state index is -0.432. The minimum Gasteiger partial charge on any atom is -0.465 e. The predicted molar refractivity (Wildman–Crippen MR) is 140 cm³/mol. The van der Waals surface area contributed by atoms with Crippen LogP contribution in [0.25, 0.3) is 10.9 Å². The van der Waals surface area contributed by atoms with E-state index in [1.165, 1.54) is 31.3 Å². The van der Waals surface area contributed by atoms with Crippen LogP contribution in [0, 0.1) is 5.92 Å². The number of anilines is 4. The maximum Gasteiger partial charge on any atom is 0.341 e. The molecular formula is C24H27N9O2S. The molecule has 1 aliphatic heterocycles. The van der Waals surface area contributed by atoms with Crippen LogP contribution in [0.3, 0.4) is 0 Å². The number of rotatable bonds is 8. The number of carbonyl (C=O) groups excluding carboxylic acids is 1. The number of methoxy groups -OCH3 is 1. The first-order valence-corrected chi connectivity index (χ1v) is 12.9. The lowest BCUT2D eigenvalue weighted by Gasteiger charge is -2.32. The number of ether oxygens (including phenoxy) is 1. The molecule has 3 aromatic heterocycles. The van der Waals surface area contributed by atoms with Crippen LogP contribution in [0.15, 0.2) is 48.0 Å². The molecule has 0 unspecified atom stereocenters. The van der Waals surface area contributed by atoms with E-state index in [0.717, 1.165) is 60.7 Å². The van der Waals surface area contributed by atoms with Gasteiger partial charge in [-0.1, -0.05) is 11.8 Å². The SMILES string of the molecule is COC(=O)c1cnc(N2CCC(CNc3cc(Nc4ccc5[nH]ncc5c4)nc(SC)n3)CC2)nc1. The van der Waals surface area contributed by atoms with E-state index in [9.17, 15) is 4.79 Å². The van der Waals surface area contributed by atoms with Crippen LogP contribution in [-0.2, 0) is 4.74 Å². The number of piperidine rings is 1. The first-order chi connectivity index (χ1) is 17.6. The smallest absolute Gasteiger partial charge is 0.341 e. The Morgan fingerprint density at radius 3 is 2.67 bits per heavy atom. The number of fused-ring (bicyclic) bond motifs is 1. The summed E-state index contributed by atoms with van der Waals surface area (Å²) < 4.78 is 4.71. The molecule has 3 N–H and O–H groups in total. The molecule has 12 heteroatoms. The van der Waals surface area contributed by atoms with Crippen LogP contribution < -0.4 is 15.5 Å². The number of benzene rings is 1. The summed E-state index contributed by atoms with van der Waals surface area (Å²) in [7, 11) is 1.34. The van der Waals surface area contributed by atoms with Crippen LogP contribution in [0.5, 0.6) is 0 Å². The first kappa shape index (κ1) is 23.8. The summed E-state index contributed by atoms with van der Waals surface area (Å²) >= 11 is 1.51. The molecule has 1 saturated heterocycles. The van der Waals surface area contributed by atoms with Crippen molar-refractivity contribution in [3.8, 4) is 0 Å². The van der Waals surface area contributed by atoms with E-state index in [1.807, 2.05) is 30.5 Å². The van der Waals surface area contributed by atoms with E-state index < -0.39 is 5.97 Å². The van der Waals surface area contributed by atoms with Crippen LogP contribution in [0.4, 0.5) is 23.3 Å². The van der Waals surface area contributed by atoms with Crippen molar-refractivity contribution in [1.82, 2.24) is 30.1 Å². The Labute approximate surface area is 212 Å². The Morgan fingerprint density at radius 2 is 1.92 bits per heavy atom. The van der Waals surface area contributed by atoms with E-state index in [4.69, 9.17) is 4.74 Å². The number of hydrogen-bond donors (Lipinski definition) is 3. The fraction of sp³-hybridized carbons (Fsp3) is 0.333. The normalized spacial score (nSPS) is 14.1. The van der Waals surface area contributed by atoms with Gasteiger partial charge in [0.1, 0.15) is 11.6 Å². The molecule has 0 aliphatic carbocycles. The summed E-state index contributed by atoms with van der Waals surface area (Å²) in [4.78, 5) is 31.6. The third-order valence-electron chi connectivity index (χ3n) is 6.13. The van der Waals surface area contributed by atoms with Gasteiger partial charge in [-0.2, -0.15) is 5.10 Å². The molecule has 5 rings (SSSR count). The van der Waals surface area contributed by atoms with Gasteiger partial charge in [0.05, 0.1) is 24.4 Å². The van der Waals surface area contributed by atoms with Crippen molar-refractivity contribution in [3.63, 3.8) is 0 Å². The number of aromatic nitrogens is 6. The van der Waals surface area contributed by atoms with Gasteiger partial charge in [-0.05, 0) is 43.2 Å². The Bertz CT molecular complexity index is 1340. The van der Waals surface area contributed by atoms with E-state index in [2.05, 4.69) is 45.7 Å². The molecule has 0 bridgehead atoms. The molecule has 4 heterocycles. The lowest BCUT2D eigenvalue weighted by Crippen LogP contribution is -2.37. The van der Waals surface area contributed by atoms with Gasteiger partial charge in [0.15, 0.2) is 5.16 Å². The van der Waals surface area contributed by atoms with Gasteiger partial charge in [0.2, 0.25) is 5.95 Å². The maximum absolute atomic E-state index is 11.6. The van der Waals surface area contributed by atoms with E-state index in [-0.39, 0.29) is 0 Å². The van der Waals surface area contributed by atoms with Gasteiger partial charge in [0, 0.05) is 49.2 Å². The van der Waals surface area contributed by atoms with Gasteiger partial charge in [-0.15, -0.1) is 0 Å². The second-order valence-electron chi connectivity index (χ2n) is 8.50. The van der Waals surface area contributed by atoms with Crippen molar-refractivity contribution in [3.05, 3.63) is 48.4 Å². The molecule has 0 saturated carbocycles. The van der Waals surface area contributed by atoms with Crippen LogP contribution in [0.2, 0.25) is 0 Å². The van der Waals surface area contributed by atoms with Gasteiger partial charge < -0.3 is 20.3 Å².